The van der Waals surface area contributed by atoms with E-state index in [9.17, 15) is 14.7 Å². The summed E-state index contributed by atoms with van der Waals surface area (Å²) in [5.41, 5.74) is 3.45. The van der Waals surface area contributed by atoms with E-state index >= 15 is 0 Å². The molecule has 3 N–H and O–H groups in total. The highest BCUT2D eigenvalue weighted by Crippen LogP contribution is 2.11. The number of carbonyl (C=O) groups is 2. The number of hydrogen-bond donors (Lipinski definition) is 3. The van der Waals surface area contributed by atoms with Crippen LogP contribution in [0.25, 0.3) is 0 Å². The van der Waals surface area contributed by atoms with Crippen molar-refractivity contribution >= 4 is 18.0 Å². The van der Waals surface area contributed by atoms with Crippen LogP contribution in [0.5, 0.6) is 5.75 Å². The van der Waals surface area contributed by atoms with Crippen LogP contribution in [0.15, 0.2) is 59.7 Å². The third-order valence-corrected chi connectivity index (χ3v) is 3.34. The molecule has 0 fully saturated rings. The number of amides is 2. The molecule has 0 radical (unpaired) electrons. The predicted molar refractivity (Wildman–Crippen MR) is 93.5 cm³/mol. The van der Waals surface area contributed by atoms with Gasteiger partial charge in [0.2, 0.25) is 0 Å². The Morgan fingerprint density at radius 1 is 1.16 bits per heavy atom. The highest BCUT2D eigenvalue weighted by Gasteiger charge is 2.20. The van der Waals surface area contributed by atoms with Gasteiger partial charge in [0.15, 0.2) is 0 Å². The number of ether oxygens (including phenoxy) is 1. The maximum absolute atomic E-state index is 12.1. The summed E-state index contributed by atoms with van der Waals surface area (Å²) in [7, 11) is 1.52. The molecule has 2 amide bonds. The molecule has 2 aromatic rings. The fraction of sp³-hybridized carbons (Fsp3) is 0.167. The summed E-state index contributed by atoms with van der Waals surface area (Å²) < 4.78 is 5.02. The van der Waals surface area contributed by atoms with E-state index in [0.29, 0.717) is 11.3 Å². The minimum atomic E-state index is -1.11. The zero-order valence-corrected chi connectivity index (χ0v) is 13.7. The highest BCUT2D eigenvalue weighted by molar-refractivity contribution is 5.97. The van der Waals surface area contributed by atoms with E-state index in [1.807, 2.05) is 30.3 Å². The number of aliphatic hydroxyl groups excluding tert-OH is 1. The first-order valence-electron chi connectivity index (χ1n) is 7.57. The SMILES string of the molecule is COc1ccc(C(=O)N[C@@H](CO)C(=O)N/N=C/c2ccccc2)cc1. The van der Waals surface area contributed by atoms with Crippen molar-refractivity contribution in [3.63, 3.8) is 0 Å². The largest absolute Gasteiger partial charge is 0.497 e. The fourth-order valence-electron chi connectivity index (χ4n) is 1.97. The second kappa shape index (κ2) is 9.19. The Hall–Kier alpha value is -3.19. The Labute approximate surface area is 145 Å². The average molecular weight is 341 g/mol. The molecule has 0 unspecified atom stereocenters. The van der Waals surface area contributed by atoms with Gasteiger partial charge in [-0.25, -0.2) is 5.43 Å². The molecular formula is C18H19N3O4. The molecule has 0 aliphatic rings. The van der Waals surface area contributed by atoms with Gasteiger partial charge in [-0.15, -0.1) is 0 Å². The van der Waals surface area contributed by atoms with Gasteiger partial charge in [-0.05, 0) is 29.8 Å². The molecule has 0 aliphatic carbocycles. The van der Waals surface area contributed by atoms with E-state index in [-0.39, 0.29) is 0 Å². The van der Waals surface area contributed by atoms with Crippen LogP contribution >= 0.6 is 0 Å². The van der Waals surface area contributed by atoms with Crippen molar-refractivity contribution in [3.05, 3.63) is 65.7 Å². The van der Waals surface area contributed by atoms with Crippen molar-refractivity contribution in [1.29, 1.82) is 0 Å². The Morgan fingerprint density at radius 2 is 1.84 bits per heavy atom. The number of carbonyl (C=O) groups excluding carboxylic acids is 2. The van der Waals surface area contributed by atoms with Gasteiger partial charge in [0.05, 0.1) is 19.9 Å². The van der Waals surface area contributed by atoms with E-state index in [0.717, 1.165) is 5.56 Å². The van der Waals surface area contributed by atoms with E-state index in [2.05, 4.69) is 15.8 Å². The second-order valence-corrected chi connectivity index (χ2v) is 5.08. The van der Waals surface area contributed by atoms with Crippen LogP contribution in [0.2, 0.25) is 0 Å². The van der Waals surface area contributed by atoms with Gasteiger partial charge in [-0.3, -0.25) is 9.59 Å². The Bertz CT molecular complexity index is 730. The molecule has 130 valence electrons. The lowest BCUT2D eigenvalue weighted by Crippen LogP contribution is -2.47. The third kappa shape index (κ3) is 5.43. The zero-order chi connectivity index (χ0) is 18.1. The van der Waals surface area contributed by atoms with Crippen LogP contribution in [0.1, 0.15) is 15.9 Å². The van der Waals surface area contributed by atoms with Gasteiger partial charge in [0, 0.05) is 5.56 Å². The van der Waals surface area contributed by atoms with Crippen LogP contribution in [0.4, 0.5) is 0 Å². The van der Waals surface area contributed by atoms with E-state index < -0.39 is 24.5 Å². The number of aliphatic hydroxyl groups is 1. The summed E-state index contributed by atoms with van der Waals surface area (Å²) >= 11 is 0. The molecule has 0 saturated carbocycles. The van der Waals surface area contributed by atoms with Crippen molar-refractivity contribution in [2.75, 3.05) is 13.7 Å². The number of nitrogens with one attached hydrogen (secondary N) is 2. The summed E-state index contributed by atoms with van der Waals surface area (Å²) in [5.74, 6) is -0.483. The standard InChI is InChI=1S/C18H19N3O4/c1-25-15-9-7-14(8-10-15)17(23)20-16(12-22)18(24)21-19-11-13-5-3-2-4-6-13/h2-11,16,22H,12H2,1H3,(H,20,23)(H,21,24)/b19-11+/t16-/m0/s1. The van der Waals surface area contributed by atoms with Gasteiger partial charge >= 0.3 is 0 Å². The molecule has 0 aliphatic heterocycles. The maximum Gasteiger partial charge on any atom is 0.265 e. The van der Waals surface area contributed by atoms with Crippen LogP contribution in [0.3, 0.4) is 0 Å². The van der Waals surface area contributed by atoms with Gasteiger partial charge in [-0.2, -0.15) is 5.10 Å². The lowest BCUT2D eigenvalue weighted by atomic mass is 10.2. The lowest BCUT2D eigenvalue weighted by molar-refractivity contribution is -0.123. The zero-order valence-electron chi connectivity index (χ0n) is 13.7. The molecular weight excluding hydrogens is 322 g/mol. The number of hydrazone groups is 1. The molecule has 7 nitrogen and oxygen atoms in total. The highest BCUT2D eigenvalue weighted by atomic mass is 16.5. The smallest absolute Gasteiger partial charge is 0.265 e. The molecule has 2 aromatic carbocycles. The second-order valence-electron chi connectivity index (χ2n) is 5.08. The van der Waals surface area contributed by atoms with Crippen molar-refractivity contribution in [1.82, 2.24) is 10.7 Å². The van der Waals surface area contributed by atoms with Crippen molar-refractivity contribution < 1.29 is 19.4 Å². The first kappa shape index (κ1) is 18.2. The van der Waals surface area contributed by atoms with E-state index in [1.165, 1.54) is 13.3 Å². The summed E-state index contributed by atoms with van der Waals surface area (Å²) in [5, 5.41) is 15.6. The minimum Gasteiger partial charge on any atom is -0.497 e. The molecule has 0 bridgehead atoms. The monoisotopic (exact) mass is 341 g/mol. The average Bonchev–Trinajstić information content (AvgIpc) is 2.66. The number of methoxy groups -OCH3 is 1. The Morgan fingerprint density at radius 3 is 2.44 bits per heavy atom. The predicted octanol–water partition coefficient (Wildman–Crippen LogP) is 0.936. The summed E-state index contributed by atoms with van der Waals surface area (Å²) in [6.07, 6.45) is 1.47. The van der Waals surface area contributed by atoms with Crippen molar-refractivity contribution in [2.45, 2.75) is 6.04 Å². The summed E-state index contributed by atoms with van der Waals surface area (Å²) in [6.45, 7) is -0.547. The van der Waals surface area contributed by atoms with Crippen LogP contribution < -0.4 is 15.5 Å². The first-order chi connectivity index (χ1) is 12.1. The number of nitrogens with zero attached hydrogens (tertiary/aromatic N) is 1. The van der Waals surface area contributed by atoms with Crippen LogP contribution in [-0.2, 0) is 4.79 Å². The molecule has 1 atom stereocenters. The van der Waals surface area contributed by atoms with Crippen LogP contribution in [0, 0.1) is 0 Å². The number of rotatable bonds is 7. The third-order valence-electron chi connectivity index (χ3n) is 3.34. The normalized spacial score (nSPS) is 11.8. The summed E-state index contributed by atoms with van der Waals surface area (Å²) in [4.78, 5) is 24.1. The molecule has 25 heavy (non-hydrogen) atoms. The Balaban J connectivity index is 1.92. The quantitative estimate of drug-likeness (QED) is 0.515. The molecule has 0 aromatic heterocycles. The van der Waals surface area contributed by atoms with Crippen LogP contribution in [-0.4, -0.2) is 42.9 Å². The van der Waals surface area contributed by atoms with Gasteiger partial charge in [-0.1, -0.05) is 30.3 Å². The van der Waals surface area contributed by atoms with Crippen molar-refractivity contribution in [2.24, 2.45) is 5.10 Å². The molecule has 0 spiro atoms. The summed E-state index contributed by atoms with van der Waals surface area (Å²) in [6, 6.07) is 14.5. The molecule has 7 heteroatoms. The fourth-order valence-corrected chi connectivity index (χ4v) is 1.97. The number of hydrogen-bond acceptors (Lipinski definition) is 5. The van der Waals surface area contributed by atoms with Gasteiger partial charge in [0.1, 0.15) is 11.8 Å². The van der Waals surface area contributed by atoms with Crippen molar-refractivity contribution in [3.8, 4) is 5.75 Å². The molecule has 2 rings (SSSR count). The number of benzene rings is 2. The molecule has 0 heterocycles. The topological polar surface area (TPSA) is 100 Å². The van der Waals surface area contributed by atoms with E-state index in [4.69, 9.17) is 4.74 Å². The Kier molecular flexibility index (Phi) is 6.67. The minimum absolute atomic E-state index is 0.347. The first-order valence-corrected chi connectivity index (χ1v) is 7.57. The molecule has 0 saturated heterocycles. The lowest BCUT2D eigenvalue weighted by Gasteiger charge is -2.14. The van der Waals surface area contributed by atoms with E-state index in [1.54, 1.807) is 24.3 Å². The van der Waals surface area contributed by atoms with Gasteiger partial charge in [0.25, 0.3) is 11.8 Å². The maximum atomic E-state index is 12.1. The van der Waals surface area contributed by atoms with Gasteiger partial charge < -0.3 is 15.2 Å².